The second-order valence-corrected chi connectivity index (χ2v) is 5.78. The van der Waals surface area contributed by atoms with Gasteiger partial charge in [-0.15, -0.1) is 0 Å². The fourth-order valence-electron chi connectivity index (χ4n) is 2.29. The van der Waals surface area contributed by atoms with Crippen molar-refractivity contribution in [1.82, 2.24) is 15.0 Å². The van der Waals surface area contributed by atoms with Crippen LogP contribution >= 0.6 is 15.9 Å². The summed E-state index contributed by atoms with van der Waals surface area (Å²) in [5.41, 5.74) is 3.17. The smallest absolute Gasteiger partial charge is 0.180 e. The van der Waals surface area contributed by atoms with Gasteiger partial charge < -0.3 is 5.32 Å². The van der Waals surface area contributed by atoms with Crippen molar-refractivity contribution in [2.75, 3.05) is 12.4 Å². The van der Waals surface area contributed by atoms with E-state index in [-0.39, 0.29) is 0 Å². The first-order valence-corrected chi connectivity index (χ1v) is 7.73. The van der Waals surface area contributed by atoms with Gasteiger partial charge in [0, 0.05) is 19.2 Å². The number of nitrogens with one attached hydrogen (secondary N) is 1. The van der Waals surface area contributed by atoms with Gasteiger partial charge in [-0.1, -0.05) is 13.0 Å². The van der Waals surface area contributed by atoms with Crippen LogP contribution in [-0.2, 0) is 6.42 Å². The molecule has 2 aromatic rings. The number of hydrogen-bond acceptors (Lipinski definition) is 4. The maximum atomic E-state index is 4.76. The number of anilines is 1. The first-order valence-electron chi connectivity index (χ1n) is 6.94. The van der Waals surface area contributed by atoms with E-state index in [0.29, 0.717) is 5.92 Å². The van der Waals surface area contributed by atoms with Crippen LogP contribution in [0.3, 0.4) is 0 Å². The Hall–Kier alpha value is -1.49. The first kappa shape index (κ1) is 13.5. The maximum Gasteiger partial charge on any atom is 0.180 e. The highest BCUT2D eigenvalue weighted by molar-refractivity contribution is 9.10. The van der Waals surface area contributed by atoms with Crippen LogP contribution in [0.1, 0.15) is 36.9 Å². The number of hydrogen-bond donors (Lipinski definition) is 1. The monoisotopic (exact) mass is 332 g/mol. The van der Waals surface area contributed by atoms with E-state index in [1.54, 1.807) is 6.20 Å². The fraction of sp³-hybridized carbons (Fsp3) is 0.400. The third-order valence-corrected chi connectivity index (χ3v) is 4.34. The third-order valence-electron chi connectivity index (χ3n) is 3.56. The standard InChI is InChI=1S/C15H17BrN4/c1-3-9-5-4-8-18-13(9)15-19-12(10-6-7-10)11(16)14(17-2)20-15/h4-5,8,10H,3,6-7H2,1-2H3,(H,17,19,20). The normalized spacial score (nSPS) is 14.3. The van der Waals surface area contributed by atoms with Crippen LogP contribution < -0.4 is 5.32 Å². The summed E-state index contributed by atoms with van der Waals surface area (Å²) < 4.78 is 0.986. The van der Waals surface area contributed by atoms with Crippen molar-refractivity contribution in [2.45, 2.75) is 32.1 Å². The third kappa shape index (κ3) is 2.42. The largest absolute Gasteiger partial charge is 0.372 e. The Morgan fingerprint density at radius 3 is 2.80 bits per heavy atom. The quantitative estimate of drug-likeness (QED) is 0.925. The molecule has 20 heavy (non-hydrogen) atoms. The molecule has 1 fully saturated rings. The van der Waals surface area contributed by atoms with E-state index in [1.165, 1.54) is 18.4 Å². The van der Waals surface area contributed by atoms with Crippen molar-refractivity contribution in [3.8, 4) is 11.5 Å². The Kier molecular flexibility index (Phi) is 3.70. The van der Waals surface area contributed by atoms with Crippen LogP contribution in [0.4, 0.5) is 5.82 Å². The zero-order valence-electron chi connectivity index (χ0n) is 11.7. The highest BCUT2D eigenvalue weighted by atomic mass is 79.9. The van der Waals surface area contributed by atoms with Gasteiger partial charge in [0.1, 0.15) is 11.5 Å². The number of pyridine rings is 1. The lowest BCUT2D eigenvalue weighted by atomic mass is 10.1. The predicted molar refractivity (Wildman–Crippen MR) is 83.9 cm³/mol. The summed E-state index contributed by atoms with van der Waals surface area (Å²) in [7, 11) is 1.88. The number of nitrogens with zero attached hydrogens (tertiary/aromatic N) is 3. The van der Waals surface area contributed by atoms with Crippen molar-refractivity contribution in [1.29, 1.82) is 0 Å². The van der Waals surface area contributed by atoms with Crippen molar-refractivity contribution in [2.24, 2.45) is 0 Å². The van der Waals surface area contributed by atoms with Crippen LogP contribution in [-0.4, -0.2) is 22.0 Å². The fourth-order valence-corrected chi connectivity index (χ4v) is 2.99. The highest BCUT2D eigenvalue weighted by Crippen LogP contribution is 2.44. The summed E-state index contributed by atoms with van der Waals surface area (Å²) in [5, 5.41) is 3.14. The number of rotatable bonds is 4. The number of halogens is 1. The van der Waals surface area contributed by atoms with Gasteiger partial charge in [0.25, 0.3) is 0 Å². The average Bonchev–Trinajstić information content (AvgIpc) is 3.32. The summed E-state index contributed by atoms with van der Waals surface area (Å²) in [6.07, 6.45) is 5.15. The Labute approximate surface area is 127 Å². The van der Waals surface area contributed by atoms with Gasteiger partial charge in [-0.25, -0.2) is 9.97 Å². The molecule has 4 nitrogen and oxygen atoms in total. The summed E-state index contributed by atoms with van der Waals surface area (Å²) in [6.45, 7) is 2.13. The molecule has 2 heterocycles. The Balaban J connectivity index is 2.15. The average molecular weight is 333 g/mol. The molecule has 104 valence electrons. The highest BCUT2D eigenvalue weighted by Gasteiger charge is 2.29. The molecule has 2 aromatic heterocycles. The zero-order chi connectivity index (χ0) is 14.1. The Bertz CT molecular complexity index is 638. The molecule has 5 heteroatoms. The molecule has 0 amide bonds. The molecule has 0 aliphatic heterocycles. The first-order chi connectivity index (χ1) is 9.74. The molecule has 1 N–H and O–H groups in total. The molecule has 0 bridgehead atoms. The van der Waals surface area contributed by atoms with Crippen LogP contribution in [0, 0.1) is 0 Å². The molecule has 1 saturated carbocycles. The van der Waals surface area contributed by atoms with E-state index in [1.807, 2.05) is 13.1 Å². The van der Waals surface area contributed by atoms with Gasteiger partial charge in [0.15, 0.2) is 5.82 Å². The van der Waals surface area contributed by atoms with Gasteiger partial charge >= 0.3 is 0 Å². The van der Waals surface area contributed by atoms with Crippen molar-refractivity contribution < 1.29 is 0 Å². The zero-order valence-corrected chi connectivity index (χ0v) is 13.2. The van der Waals surface area contributed by atoms with E-state index in [2.05, 4.69) is 44.2 Å². The van der Waals surface area contributed by atoms with Gasteiger partial charge in [-0.2, -0.15) is 0 Å². The Morgan fingerprint density at radius 2 is 2.15 bits per heavy atom. The van der Waals surface area contributed by atoms with Gasteiger partial charge in [-0.05, 0) is 46.8 Å². The summed E-state index contributed by atoms with van der Waals surface area (Å²) >= 11 is 3.62. The lowest BCUT2D eigenvalue weighted by molar-refractivity contribution is 0.967. The molecule has 0 aromatic carbocycles. The summed E-state index contributed by atoms with van der Waals surface area (Å²) in [6, 6.07) is 4.05. The molecule has 1 aliphatic carbocycles. The van der Waals surface area contributed by atoms with Crippen molar-refractivity contribution >= 4 is 21.7 Å². The Morgan fingerprint density at radius 1 is 1.35 bits per heavy atom. The summed E-state index contributed by atoms with van der Waals surface area (Å²) in [5.74, 6) is 2.12. The SMILES string of the molecule is CCc1cccnc1-c1nc(NC)c(Br)c(C2CC2)n1. The molecule has 0 atom stereocenters. The van der Waals surface area contributed by atoms with E-state index >= 15 is 0 Å². The van der Waals surface area contributed by atoms with Crippen molar-refractivity contribution in [3.05, 3.63) is 34.1 Å². The molecule has 0 saturated heterocycles. The second kappa shape index (κ2) is 5.48. The molecule has 0 radical (unpaired) electrons. The topological polar surface area (TPSA) is 50.7 Å². The molecule has 3 rings (SSSR count). The minimum atomic E-state index is 0.562. The van der Waals surface area contributed by atoms with E-state index in [4.69, 9.17) is 4.98 Å². The van der Waals surface area contributed by atoms with E-state index in [9.17, 15) is 0 Å². The van der Waals surface area contributed by atoms with Crippen LogP contribution in [0.25, 0.3) is 11.5 Å². The van der Waals surface area contributed by atoms with Gasteiger partial charge in [0.05, 0.1) is 10.2 Å². The van der Waals surface area contributed by atoms with E-state index in [0.717, 1.165) is 33.9 Å². The van der Waals surface area contributed by atoms with Crippen LogP contribution in [0.15, 0.2) is 22.8 Å². The molecule has 0 spiro atoms. The lowest BCUT2D eigenvalue weighted by Crippen LogP contribution is -2.04. The van der Waals surface area contributed by atoms with Crippen molar-refractivity contribution in [3.63, 3.8) is 0 Å². The van der Waals surface area contributed by atoms with Crippen LogP contribution in [0.5, 0.6) is 0 Å². The minimum absolute atomic E-state index is 0.562. The lowest BCUT2D eigenvalue weighted by Gasteiger charge is -2.12. The predicted octanol–water partition coefficient (Wildman–Crippen LogP) is 3.78. The molecule has 1 aliphatic rings. The van der Waals surface area contributed by atoms with Crippen LogP contribution in [0.2, 0.25) is 0 Å². The van der Waals surface area contributed by atoms with E-state index < -0.39 is 0 Å². The molecular weight excluding hydrogens is 316 g/mol. The molecule has 0 unspecified atom stereocenters. The summed E-state index contributed by atoms with van der Waals surface area (Å²) in [4.78, 5) is 13.8. The minimum Gasteiger partial charge on any atom is -0.372 e. The number of aromatic nitrogens is 3. The molecular formula is C15H17BrN4. The second-order valence-electron chi connectivity index (χ2n) is 4.98. The number of aryl methyl sites for hydroxylation is 1. The maximum absolute atomic E-state index is 4.76. The van der Waals surface area contributed by atoms with Gasteiger partial charge in [-0.3, -0.25) is 4.98 Å². The van der Waals surface area contributed by atoms with Gasteiger partial charge in [0.2, 0.25) is 0 Å².